The highest BCUT2D eigenvalue weighted by Gasteiger charge is 2.11. The number of rotatable bonds is 3. The molecule has 0 aliphatic rings. The van der Waals surface area contributed by atoms with Crippen LogP contribution in [-0.2, 0) is 13.6 Å². The Morgan fingerprint density at radius 2 is 1.84 bits per heavy atom. The zero-order chi connectivity index (χ0) is 14.2. The lowest BCUT2D eigenvalue weighted by atomic mass is 10.2. The van der Waals surface area contributed by atoms with E-state index in [1.54, 1.807) is 0 Å². The minimum absolute atomic E-state index is 0.495. The summed E-state index contributed by atoms with van der Waals surface area (Å²) in [5.41, 5.74) is 4.24. The van der Waals surface area contributed by atoms with Gasteiger partial charge in [0.2, 0.25) is 0 Å². The minimum atomic E-state index is 0.495. The highest BCUT2D eigenvalue weighted by Crippen LogP contribution is 2.21. The molecule has 0 aromatic carbocycles. The Bertz CT molecular complexity index is 618. The van der Waals surface area contributed by atoms with Crippen molar-refractivity contribution in [2.75, 3.05) is 5.32 Å². The van der Waals surface area contributed by atoms with E-state index in [1.165, 1.54) is 5.56 Å². The molecule has 6 heteroatoms. The fourth-order valence-corrected chi connectivity index (χ4v) is 2.22. The lowest BCUT2D eigenvalue weighted by molar-refractivity contribution is 0.730. The molecule has 1 N–H and O–H groups in total. The van der Waals surface area contributed by atoms with E-state index < -0.39 is 0 Å². The standard InChI is InChI=1S/C13H18ClN5/c1-7-12(14)16-10(4)17-13(7)15-6-11-8(2)18-19(5)9(11)3/h6H2,1-5H3,(H,15,16,17). The maximum Gasteiger partial charge on any atom is 0.137 e. The second-order valence-corrected chi connectivity index (χ2v) is 5.02. The molecule has 0 saturated heterocycles. The van der Waals surface area contributed by atoms with Gasteiger partial charge in [-0.25, -0.2) is 9.97 Å². The molecule has 0 atom stereocenters. The van der Waals surface area contributed by atoms with Crippen LogP contribution in [0, 0.1) is 27.7 Å². The first-order valence-corrected chi connectivity index (χ1v) is 6.51. The van der Waals surface area contributed by atoms with Crippen molar-refractivity contribution in [1.29, 1.82) is 0 Å². The van der Waals surface area contributed by atoms with Gasteiger partial charge in [0.05, 0.1) is 5.69 Å². The summed E-state index contributed by atoms with van der Waals surface area (Å²) in [6.07, 6.45) is 0. The van der Waals surface area contributed by atoms with Gasteiger partial charge in [0.15, 0.2) is 0 Å². The summed E-state index contributed by atoms with van der Waals surface area (Å²) in [6, 6.07) is 0. The van der Waals surface area contributed by atoms with E-state index in [2.05, 4.69) is 27.3 Å². The Morgan fingerprint density at radius 1 is 1.16 bits per heavy atom. The van der Waals surface area contributed by atoms with Gasteiger partial charge in [0.1, 0.15) is 16.8 Å². The molecule has 19 heavy (non-hydrogen) atoms. The first kappa shape index (κ1) is 13.8. The highest BCUT2D eigenvalue weighted by atomic mass is 35.5. The summed E-state index contributed by atoms with van der Waals surface area (Å²) >= 11 is 6.06. The average Bonchev–Trinajstić information content (AvgIpc) is 2.57. The van der Waals surface area contributed by atoms with Crippen LogP contribution in [-0.4, -0.2) is 19.7 Å². The SMILES string of the molecule is Cc1nc(Cl)c(C)c(NCc2c(C)nn(C)c2C)n1. The molecule has 2 rings (SSSR count). The predicted octanol–water partition coefficient (Wildman–Crippen LogP) is 2.71. The van der Waals surface area contributed by atoms with Crippen LogP contribution in [0.1, 0.15) is 28.3 Å². The smallest absolute Gasteiger partial charge is 0.137 e. The molecule has 0 fully saturated rings. The third-order valence-corrected chi connectivity index (χ3v) is 3.66. The lowest BCUT2D eigenvalue weighted by Crippen LogP contribution is -2.07. The summed E-state index contributed by atoms with van der Waals surface area (Å²) in [7, 11) is 1.95. The van der Waals surface area contributed by atoms with Gasteiger partial charge < -0.3 is 5.32 Å². The van der Waals surface area contributed by atoms with E-state index in [4.69, 9.17) is 11.6 Å². The second-order valence-electron chi connectivity index (χ2n) is 4.66. The van der Waals surface area contributed by atoms with Crippen molar-refractivity contribution in [3.63, 3.8) is 0 Å². The van der Waals surface area contributed by atoms with Crippen LogP contribution >= 0.6 is 11.6 Å². The van der Waals surface area contributed by atoms with Gasteiger partial charge in [-0.15, -0.1) is 0 Å². The van der Waals surface area contributed by atoms with Crippen LogP contribution in [0.2, 0.25) is 5.15 Å². The number of hydrogen-bond donors (Lipinski definition) is 1. The number of anilines is 1. The monoisotopic (exact) mass is 279 g/mol. The molecule has 0 amide bonds. The van der Waals surface area contributed by atoms with Crippen LogP contribution in [0.15, 0.2) is 0 Å². The summed E-state index contributed by atoms with van der Waals surface area (Å²) in [6.45, 7) is 8.49. The Morgan fingerprint density at radius 3 is 2.42 bits per heavy atom. The Kier molecular flexibility index (Phi) is 3.75. The van der Waals surface area contributed by atoms with Crippen LogP contribution in [0.5, 0.6) is 0 Å². The van der Waals surface area contributed by atoms with Gasteiger partial charge in [-0.3, -0.25) is 4.68 Å². The molecule has 2 aromatic heterocycles. The van der Waals surface area contributed by atoms with E-state index in [-0.39, 0.29) is 0 Å². The summed E-state index contributed by atoms with van der Waals surface area (Å²) < 4.78 is 1.89. The van der Waals surface area contributed by atoms with Crippen LogP contribution < -0.4 is 5.32 Å². The van der Waals surface area contributed by atoms with Crippen molar-refractivity contribution >= 4 is 17.4 Å². The number of aryl methyl sites for hydroxylation is 3. The van der Waals surface area contributed by atoms with E-state index in [0.717, 1.165) is 22.8 Å². The molecule has 0 bridgehead atoms. The van der Waals surface area contributed by atoms with Crippen molar-refractivity contribution in [3.05, 3.63) is 33.5 Å². The first-order chi connectivity index (χ1) is 8.90. The number of halogens is 1. The zero-order valence-corrected chi connectivity index (χ0v) is 12.6. The Hall–Kier alpha value is -1.62. The van der Waals surface area contributed by atoms with Crippen molar-refractivity contribution in [3.8, 4) is 0 Å². The molecule has 0 radical (unpaired) electrons. The van der Waals surface area contributed by atoms with Gasteiger partial charge in [-0.05, 0) is 27.7 Å². The van der Waals surface area contributed by atoms with Crippen LogP contribution in [0.4, 0.5) is 5.82 Å². The summed E-state index contributed by atoms with van der Waals surface area (Å²) in [5.74, 6) is 1.44. The highest BCUT2D eigenvalue weighted by molar-refractivity contribution is 6.30. The Balaban J connectivity index is 2.24. The van der Waals surface area contributed by atoms with Gasteiger partial charge in [-0.2, -0.15) is 5.10 Å². The zero-order valence-electron chi connectivity index (χ0n) is 11.9. The number of hydrogen-bond acceptors (Lipinski definition) is 4. The topological polar surface area (TPSA) is 55.6 Å². The minimum Gasteiger partial charge on any atom is -0.365 e. The largest absolute Gasteiger partial charge is 0.365 e. The normalized spacial score (nSPS) is 10.8. The molecule has 0 unspecified atom stereocenters. The predicted molar refractivity (Wildman–Crippen MR) is 76.5 cm³/mol. The fraction of sp³-hybridized carbons (Fsp3) is 0.462. The van der Waals surface area contributed by atoms with E-state index >= 15 is 0 Å². The molecule has 102 valence electrons. The maximum atomic E-state index is 6.06. The maximum absolute atomic E-state index is 6.06. The second kappa shape index (κ2) is 5.17. The van der Waals surface area contributed by atoms with E-state index in [0.29, 0.717) is 17.5 Å². The number of aromatic nitrogens is 4. The van der Waals surface area contributed by atoms with E-state index in [1.807, 2.05) is 32.5 Å². The first-order valence-electron chi connectivity index (χ1n) is 6.13. The van der Waals surface area contributed by atoms with Gasteiger partial charge in [0.25, 0.3) is 0 Å². The molecule has 2 aromatic rings. The van der Waals surface area contributed by atoms with Crippen molar-refractivity contribution in [2.45, 2.75) is 34.2 Å². The average molecular weight is 280 g/mol. The molecule has 0 aliphatic heterocycles. The molecular weight excluding hydrogens is 262 g/mol. The van der Waals surface area contributed by atoms with Gasteiger partial charge >= 0.3 is 0 Å². The summed E-state index contributed by atoms with van der Waals surface area (Å²) in [5, 5.41) is 8.21. The molecule has 0 saturated carbocycles. The number of nitrogens with zero attached hydrogens (tertiary/aromatic N) is 4. The van der Waals surface area contributed by atoms with Crippen molar-refractivity contribution in [1.82, 2.24) is 19.7 Å². The van der Waals surface area contributed by atoms with Gasteiger partial charge in [0, 0.05) is 30.4 Å². The van der Waals surface area contributed by atoms with Crippen LogP contribution in [0.25, 0.3) is 0 Å². The number of nitrogens with one attached hydrogen (secondary N) is 1. The Labute approximate surface area is 118 Å². The molecular formula is C13H18ClN5. The molecule has 5 nitrogen and oxygen atoms in total. The molecule has 2 heterocycles. The third kappa shape index (κ3) is 2.71. The molecule has 0 spiro atoms. The third-order valence-electron chi connectivity index (χ3n) is 3.29. The summed E-state index contributed by atoms with van der Waals surface area (Å²) in [4.78, 5) is 8.51. The molecule has 0 aliphatic carbocycles. The van der Waals surface area contributed by atoms with Crippen LogP contribution in [0.3, 0.4) is 0 Å². The van der Waals surface area contributed by atoms with E-state index in [9.17, 15) is 0 Å². The lowest BCUT2D eigenvalue weighted by Gasteiger charge is -2.10. The van der Waals surface area contributed by atoms with Crippen molar-refractivity contribution < 1.29 is 0 Å². The fourth-order valence-electron chi connectivity index (χ4n) is 2.01. The quantitative estimate of drug-likeness (QED) is 0.878. The van der Waals surface area contributed by atoms with Gasteiger partial charge in [-0.1, -0.05) is 11.6 Å². The van der Waals surface area contributed by atoms with Crippen molar-refractivity contribution in [2.24, 2.45) is 7.05 Å².